The van der Waals surface area contributed by atoms with E-state index >= 15 is 0 Å². The quantitative estimate of drug-likeness (QED) is 0.688. The van der Waals surface area contributed by atoms with Gasteiger partial charge in [0.2, 0.25) is 0 Å². The summed E-state index contributed by atoms with van der Waals surface area (Å²) in [6, 6.07) is 0. The van der Waals surface area contributed by atoms with Gasteiger partial charge >= 0.3 is 12.1 Å². The van der Waals surface area contributed by atoms with Crippen LogP contribution in [0, 0.1) is 5.92 Å². The molecule has 2 fully saturated rings. The van der Waals surface area contributed by atoms with E-state index in [1.165, 1.54) is 4.90 Å². The monoisotopic (exact) mass is 298 g/mol. The van der Waals surface area contributed by atoms with Crippen molar-refractivity contribution in [3.63, 3.8) is 0 Å². The molecule has 21 heavy (non-hydrogen) atoms. The first-order chi connectivity index (χ1) is 9.67. The molecule has 2 rings (SSSR count). The maximum Gasteiger partial charge on any atom is 0.410 e. The molecular formula is C13H18N2O6. The van der Waals surface area contributed by atoms with Crippen LogP contribution in [0.2, 0.25) is 0 Å². The van der Waals surface area contributed by atoms with Gasteiger partial charge in [-0.1, -0.05) is 0 Å². The van der Waals surface area contributed by atoms with Crippen molar-refractivity contribution in [3.05, 3.63) is 0 Å². The molecule has 0 aromatic rings. The van der Waals surface area contributed by atoms with Crippen molar-refractivity contribution in [1.29, 1.82) is 0 Å². The minimum atomic E-state index is -0.682. The van der Waals surface area contributed by atoms with Crippen molar-refractivity contribution in [3.8, 4) is 0 Å². The second-order valence-corrected chi connectivity index (χ2v) is 6.07. The van der Waals surface area contributed by atoms with Gasteiger partial charge in [0.05, 0.1) is 5.92 Å². The molecule has 0 bridgehead atoms. The van der Waals surface area contributed by atoms with Crippen LogP contribution < -0.4 is 0 Å². The Hall–Kier alpha value is -2.12. The van der Waals surface area contributed by atoms with E-state index in [4.69, 9.17) is 9.57 Å². The molecule has 8 nitrogen and oxygen atoms in total. The average molecular weight is 298 g/mol. The van der Waals surface area contributed by atoms with E-state index in [0.29, 0.717) is 5.06 Å². The highest BCUT2D eigenvalue weighted by molar-refractivity contribution is 6.01. The lowest BCUT2D eigenvalue weighted by molar-refractivity contribution is -0.203. The fraction of sp³-hybridized carbons (Fsp3) is 0.692. The molecule has 0 aliphatic carbocycles. The summed E-state index contributed by atoms with van der Waals surface area (Å²) in [5, 5.41) is 0.512. The molecule has 0 aromatic heterocycles. The molecule has 2 aliphatic heterocycles. The Balaban J connectivity index is 1.79. The van der Waals surface area contributed by atoms with Crippen LogP contribution in [-0.4, -0.2) is 52.5 Å². The number of hydroxylamine groups is 2. The SMILES string of the molecule is CC(C)(C)OC(=O)N1CC(C(=O)ON2C(=O)CCC2=O)C1. The largest absolute Gasteiger partial charge is 0.444 e. The molecule has 0 unspecified atom stereocenters. The van der Waals surface area contributed by atoms with Gasteiger partial charge in [-0.3, -0.25) is 9.59 Å². The van der Waals surface area contributed by atoms with Crippen molar-refractivity contribution in [2.24, 2.45) is 5.92 Å². The fourth-order valence-corrected chi connectivity index (χ4v) is 1.93. The summed E-state index contributed by atoms with van der Waals surface area (Å²) in [4.78, 5) is 52.3. The molecule has 0 radical (unpaired) electrons. The number of hydrogen-bond acceptors (Lipinski definition) is 6. The van der Waals surface area contributed by atoms with Crippen molar-refractivity contribution in [2.45, 2.75) is 39.2 Å². The van der Waals surface area contributed by atoms with Gasteiger partial charge in [0, 0.05) is 25.9 Å². The Morgan fingerprint density at radius 2 is 1.62 bits per heavy atom. The van der Waals surface area contributed by atoms with Crippen LogP contribution in [0.5, 0.6) is 0 Å². The molecule has 2 heterocycles. The van der Waals surface area contributed by atoms with E-state index in [1.54, 1.807) is 20.8 Å². The zero-order valence-electron chi connectivity index (χ0n) is 12.2. The van der Waals surface area contributed by atoms with Crippen LogP contribution >= 0.6 is 0 Å². The number of rotatable bonds is 2. The van der Waals surface area contributed by atoms with Gasteiger partial charge in [-0.15, -0.1) is 5.06 Å². The lowest BCUT2D eigenvalue weighted by Crippen LogP contribution is -2.55. The molecule has 0 atom stereocenters. The predicted octanol–water partition coefficient (Wildman–Crippen LogP) is 0.460. The first-order valence-electron chi connectivity index (χ1n) is 6.73. The maximum absolute atomic E-state index is 11.8. The maximum atomic E-state index is 11.8. The number of amides is 3. The third kappa shape index (κ3) is 3.50. The third-order valence-electron chi connectivity index (χ3n) is 3.05. The number of hydrogen-bond donors (Lipinski definition) is 0. The van der Waals surface area contributed by atoms with E-state index in [2.05, 4.69) is 0 Å². The minimum Gasteiger partial charge on any atom is -0.444 e. The lowest BCUT2D eigenvalue weighted by atomic mass is 10.0. The molecule has 0 aromatic carbocycles. The second-order valence-electron chi connectivity index (χ2n) is 6.07. The Labute approximate surface area is 121 Å². The second kappa shape index (κ2) is 5.34. The minimum absolute atomic E-state index is 0.0564. The highest BCUT2D eigenvalue weighted by Gasteiger charge is 2.42. The van der Waals surface area contributed by atoms with Crippen molar-refractivity contribution in [1.82, 2.24) is 9.96 Å². The van der Waals surface area contributed by atoms with E-state index in [-0.39, 0.29) is 25.9 Å². The van der Waals surface area contributed by atoms with Gasteiger partial charge < -0.3 is 14.5 Å². The summed E-state index contributed by atoms with van der Waals surface area (Å²) >= 11 is 0. The smallest absolute Gasteiger partial charge is 0.410 e. The predicted molar refractivity (Wildman–Crippen MR) is 68.5 cm³/mol. The fourth-order valence-electron chi connectivity index (χ4n) is 1.93. The molecule has 2 aliphatic rings. The van der Waals surface area contributed by atoms with E-state index in [1.807, 2.05) is 0 Å². The van der Waals surface area contributed by atoms with Crippen LogP contribution in [0.3, 0.4) is 0 Å². The van der Waals surface area contributed by atoms with Crippen molar-refractivity contribution >= 4 is 23.9 Å². The summed E-state index contributed by atoms with van der Waals surface area (Å²) in [6.45, 7) is 5.57. The molecule has 0 N–H and O–H groups in total. The van der Waals surface area contributed by atoms with Gasteiger partial charge in [0.25, 0.3) is 11.8 Å². The summed E-state index contributed by atoms with van der Waals surface area (Å²) in [5.41, 5.74) is -0.600. The average Bonchev–Trinajstić information content (AvgIpc) is 2.56. The zero-order chi connectivity index (χ0) is 15.8. The molecular weight excluding hydrogens is 280 g/mol. The molecule has 2 saturated heterocycles. The molecule has 0 saturated carbocycles. The molecule has 0 spiro atoms. The number of likely N-dealkylation sites (tertiary alicyclic amines) is 1. The summed E-state index contributed by atoms with van der Waals surface area (Å²) in [6.07, 6.45) is -0.387. The number of nitrogens with zero attached hydrogens (tertiary/aromatic N) is 2. The third-order valence-corrected chi connectivity index (χ3v) is 3.05. The first kappa shape index (κ1) is 15.3. The topological polar surface area (TPSA) is 93.2 Å². The molecule has 8 heteroatoms. The first-order valence-corrected chi connectivity index (χ1v) is 6.73. The van der Waals surface area contributed by atoms with Gasteiger partial charge in [0.15, 0.2) is 0 Å². The van der Waals surface area contributed by atoms with Crippen LogP contribution in [0.15, 0.2) is 0 Å². The Kier molecular flexibility index (Phi) is 3.89. The van der Waals surface area contributed by atoms with Crippen LogP contribution in [0.4, 0.5) is 4.79 Å². The Morgan fingerprint density at radius 1 is 1.10 bits per heavy atom. The molecule has 116 valence electrons. The van der Waals surface area contributed by atoms with Gasteiger partial charge in [-0.25, -0.2) is 9.59 Å². The summed E-state index contributed by atoms with van der Waals surface area (Å²) in [5.74, 6) is -2.26. The van der Waals surface area contributed by atoms with E-state index < -0.39 is 35.4 Å². The van der Waals surface area contributed by atoms with Gasteiger partial charge in [0.1, 0.15) is 5.60 Å². The standard InChI is InChI=1S/C13H18N2O6/c1-13(2,3)20-12(19)14-6-8(7-14)11(18)21-15-9(16)4-5-10(15)17/h8H,4-7H2,1-3H3. The Morgan fingerprint density at radius 3 is 2.10 bits per heavy atom. The van der Waals surface area contributed by atoms with Crippen LogP contribution in [-0.2, 0) is 24.0 Å². The summed E-state index contributed by atoms with van der Waals surface area (Å²) < 4.78 is 5.15. The van der Waals surface area contributed by atoms with Gasteiger partial charge in [-0.2, -0.15) is 0 Å². The number of imide groups is 1. The summed E-state index contributed by atoms with van der Waals surface area (Å²) in [7, 11) is 0. The highest BCUT2D eigenvalue weighted by atomic mass is 16.7. The normalized spacial score (nSPS) is 19.6. The lowest BCUT2D eigenvalue weighted by Gasteiger charge is -2.38. The number of carbonyl (C=O) groups excluding carboxylic acids is 4. The number of ether oxygens (including phenoxy) is 1. The number of carbonyl (C=O) groups is 4. The van der Waals surface area contributed by atoms with Gasteiger partial charge in [-0.05, 0) is 20.8 Å². The molecule has 3 amide bonds. The zero-order valence-corrected chi connectivity index (χ0v) is 12.2. The Bertz CT molecular complexity index is 473. The highest BCUT2D eigenvalue weighted by Crippen LogP contribution is 2.22. The van der Waals surface area contributed by atoms with Crippen molar-refractivity contribution < 1.29 is 28.8 Å². The van der Waals surface area contributed by atoms with Crippen molar-refractivity contribution in [2.75, 3.05) is 13.1 Å². The van der Waals surface area contributed by atoms with Crippen LogP contribution in [0.1, 0.15) is 33.6 Å². The van der Waals surface area contributed by atoms with Crippen LogP contribution in [0.25, 0.3) is 0 Å². The van der Waals surface area contributed by atoms with E-state index in [0.717, 1.165) is 0 Å². The van der Waals surface area contributed by atoms with E-state index in [9.17, 15) is 19.2 Å².